The van der Waals surface area contributed by atoms with Crippen LogP contribution in [0.1, 0.15) is 35.8 Å². The highest BCUT2D eigenvalue weighted by atomic mass is 35.5. The van der Waals surface area contributed by atoms with Crippen LogP contribution in [0.25, 0.3) is 10.6 Å². The summed E-state index contributed by atoms with van der Waals surface area (Å²) in [6.45, 7) is 2.08. The van der Waals surface area contributed by atoms with E-state index in [0.717, 1.165) is 16.3 Å². The van der Waals surface area contributed by atoms with Crippen LogP contribution in [0, 0.1) is 5.92 Å². The van der Waals surface area contributed by atoms with Crippen molar-refractivity contribution < 1.29 is 4.79 Å². The predicted octanol–water partition coefficient (Wildman–Crippen LogP) is 4.08. The third-order valence-electron chi connectivity index (χ3n) is 3.77. The summed E-state index contributed by atoms with van der Waals surface area (Å²) in [4.78, 5) is 16.6. The summed E-state index contributed by atoms with van der Waals surface area (Å²) in [7, 11) is 0. The molecule has 1 heterocycles. The van der Waals surface area contributed by atoms with Crippen LogP contribution in [0.3, 0.4) is 0 Å². The average Bonchev–Trinajstić information content (AvgIpc) is 3.25. The molecule has 1 saturated carbocycles. The van der Waals surface area contributed by atoms with Gasteiger partial charge in [0.25, 0.3) is 5.91 Å². The zero-order chi connectivity index (χ0) is 14.8. The molecule has 0 spiro atoms. The Morgan fingerprint density at radius 3 is 2.71 bits per heavy atom. The molecule has 110 valence electrons. The van der Waals surface area contributed by atoms with Crippen LogP contribution in [-0.2, 0) is 5.88 Å². The van der Waals surface area contributed by atoms with Gasteiger partial charge in [0.15, 0.2) is 0 Å². The maximum atomic E-state index is 12.1. The molecule has 0 bridgehead atoms. The fourth-order valence-corrected chi connectivity index (χ4v) is 3.32. The first kappa shape index (κ1) is 14.5. The number of nitrogens with one attached hydrogen (secondary N) is 1. The minimum atomic E-state index is 0.00142. The molecule has 1 aliphatic rings. The number of thiazole rings is 1. The van der Waals surface area contributed by atoms with Crippen molar-refractivity contribution in [2.75, 3.05) is 0 Å². The number of carbonyl (C=O) groups is 1. The summed E-state index contributed by atoms with van der Waals surface area (Å²) in [6.07, 6.45) is 2.46. The van der Waals surface area contributed by atoms with Gasteiger partial charge >= 0.3 is 0 Å². The number of hydrogen-bond acceptors (Lipinski definition) is 3. The number of rotatable bonds is 5. The largest absolute Gasteiger partial charge is 0.349 e. The van der Waals surface area contributed by atoms with E-state index in [4.69, 9.17) is 11.6 Å². The van der Waals surface area contributed by atoms with Crippen LogP contribution in [0.4, 0.5) is 0 Å². The zero-order valence-electron chi connectivity index (χ0n) is 11.8. The Kier molecular flexibility index (Phi) is 4.27. The van der Waals surface area contributed by atoms with Crippen molar-refractivity contribution in [1.29, 1.82) is 0 Å². The number of benzene rings is 1. The minimum absolute atomic E-state index is 0.00142. The lowest BCUT2D eigenvalue weighted by Crippen LogP contribution is -2.33. The van der Waals surface area contributed by atoms with Crippen molar-refractivity contribution in [2.24, 2.45) is 5.92 Å². The summed E-state index contributed by atoms with van der Waals surface area (Å²) < 4.78 is 0. The molecule has 21 heavy (non-hydrogen) atoms. The number of hydrogen-bond donors (Lipinski definition) is 1. The molecular formula is C16H17ClN2OS. The minimum Gasteiger partial charge on any atom is -0.349 e. The van der Waals surface area contributed by atoms with Crippen LogP contribution in [0.15, 0.2) is 29.6 Å². The Hall–Kier alpha value is -1.39. The fraction of sp³-hybridized carbons (Fsp3) is 0.375. The molecule has 1 aromatic carbocycles. The first-order valence-corrected chi connectivity index (χ1v) is 8.50. The number of halogens is 1. The van der Waals surface area contributed by atoms with Gasteiger partial charge in [-0.3, -0.25) is 4.79 Å². The lowest BCUT2D eigenvalue weighted by Gasteiger charge is -2.12. The predicted molar refractivity (Wildman–Crippen MR) is 86.8 cm³/mol. The standard InChI is InChI=1S/C16H17ClN2OS/c1-10(11-2-3-11)18-15(20)12-4-6-13(7-5-12)16-19-14(8-17)9-21-16/h4-7,9-11H,2-3,8H2,1H3,(H,18,20). The second-order valence-electron chi connectivity index (χ2n) is 5.45. The third kappa shape index (κ3) is 3.44. The summed E-state index contributed by atoms with van der Waals surface area (Å²) in [5.41, 5.74) is 2.60. The number of carbonyl (C=O) groups excluding carboxylic acids is 1. The highest BCUT2D eigenvalue weighted by molar-refractivity contribution is 7.13. The number of nitrogens with zero attached hydrogens (tertiary/aromatic N) is 1. The second-order valence-corrected chi connectivity index (χ2v) is 6.58. The molecule has 2 aromatic rings. The van der Waals surface area contributed by atoms with Gasteiger partial charge in [-0.1, -0.05) is 12.1 Å². The molecule has 3 rings (SSSR count). The molecule has 0 aliphatic heterocycles. The van der Waals surface area contributed by atoms with Crippen LogP contribution < -0.4 is 5.32 Å². The van der Waals surface area contributed by atoms with Gasteiger partial charge in [-0.05, 0) is 37.8 Å². The van der Waals surface area contributed by atoms with Crippen LogP contribution in [-0.4, -0.2) is 16.9 Å². The highest BCUT2D eigenvalue weighted by Gasteiger charge is 2.29. The van der Waals surface area contributed by atoms with Crippen molar-refractivity contribution >= 4 is 28.8 Å². The molecule has 5 heteroatoms. The Bertz CT molecular complexity index is 634. The van der Waals surface area contributed by atoms with Gasteiger partial charge in [-0.25, -0.2) is 4.98 Å². The first-order chi connectivity index (χ1) is 10.2. The van der Waals surface area contributed by atoms with Crippen molar-refractivity contribution in [1.82, 2.24) is 10.3 Å². The molecule has 0 saturated heterocycles. The smallest absolute Gasteiger partial charge is 0.251 e. The van der Waals surface area contributed by atoms with E-state index in [1.165, 1.54) is 12.8 Å². The molecule has 0 radical (unpaired) electrons. The maximum Gasteiger partial charge on any atom is 0.251 e. The summed E-state index contributed by atoms with van der Waals surface area (Å²) >= 11 is 7.33. The van der Waals surface area contributed by atoms with Crippen LogP contribution in [0.5, 0.6) is 0 Å². The molecule has 1 atom stereocenters. The molecule has 3 nitrogen and oxygen atoms in total. The van der Waals surface area contributed by atoms with Gasteiger partial charge in [-0.15, -0.1) is 22.9 Å². The van der Waals surface area contributed by atoms with E-state index in [-0.39, 0.29) is 11.9 Å². The Morgan fingerprint density at radius 1 is 1.43 bits per heavy atom. The average molecular weight is 321 g/mol. The summed E-state index contributed by atoms with van der Waals surface area (Å²) in [6, 6.07) is 7.85. The number of aromatic nitrogens is 1. The molecule has 1 amide bonds. The van der Waals surface area contributed by atoms with E-state index in [0.29, 0.717) is 17.4 Å². The lowest BCUT2D eigenvalue weighted by atomic mass is 10.1. The monoisotopic (exact) mass is 320 g/mol. The molecule has 1 aliphatic carbocycles. The third-order valence-corrected chi connectivity index (χ3v) is 4.98. The van der Waals surface area contributed by atoms with Crippen molar-refractivity contribution in [3.05, 3.63) is 40.9 Å². The normalized spacial score (nSPS) is 15.7. The van der Waals surface area contributed by atoms with Gasteiger partial charge < -0.3 is 5.32 Å². The van der Waals surface area contributed by atoms with E-state index < -0.39 is 0 Å². The van der Waals surface area contributed by atoms with Crippen LogP contribution >= 0.6 is 22.9 Å². The highest BCUT2D eigenvalue weighted by Crippen LogP contribution is 2.32. The van der Waals surface area contributed by atoms with Crippen molar-refractivity contribution in [3.63, 3.8) is 0 Å². The second kappa shape index (κ2) is 6.16. The molecule has 1 fully saturated rings. The van der Waals surface area contributed by atoms with Gasteiger partial charge in [0.1, 0.15) is 5.01 Å². The van der Waals surface area contributed by atoms with E-state index >= 15 is 0 Å². The van der Waals surface area contributed by atoms with E-state index in [1.54, 1.807) is 11.3 Å². The van der Waals surface area contributed by atoms with Gasteiger partial charge in [-0.2, -0.15) is 0 Å². The lowest BCUT2D eigenvalue weighted by molar-refractivity contribution is 0.0936. The number of amides is 1. The fourth-order valence-electron chi connectivity index (χ4n) is 2.27. The maximum absolute atomic E-state index is 12.1. The first-order valence-electron chi connectivity index (χ1n) is 7.09. The van der Waals surface area contributed by atoms with Gasteiger partial charge in [0, 0.05) is 22.5 Å². The number of alkyl halides is 1. The van der Waals surface area contributed by atoms with E-state index in [2.05, 4.69) is 17.2 Å². The summed E-state index contributed by atoms with van der Waals surface area (Å²) in [5.74, 6) is 1.09. The quantitative estimate of drug-likeness (QED) is 0.843. The zero-order valence-corrected chi connectivity index (χ0v) is 13.4. The molecule has 1 unspecified atom stereocenters. The Balaban J connectivity index is 1.69. The van der Waals surface area contributed by atoms with Crippen LogP contribution in [0.2, 0.25) is 0 Å². The molecular weight excluding hydrogens is 304 g/mol. The Morgan fingerprint density at radius 2 is 2.14 bits per heavy atom. The molecule has 1 aromatic heterocycles. The van der Waals surface area contributed by atoms with Gasteiger partial charge in [0.05, 0.1) is 11.6 Å². The van der Waals surface area contributed by atoms with Crippen molar-refractivity contribution in [3.8, 4) is 10.6 Å². The summed E-state index contributed by atoms with van der Waals surface area (Å²) in [5, 5.41) is 5.95. The van der Waals surface area contributed by atoms with E-state index in [1.807, 2.05) is 29.6 Å². The SMILES string of the molecule is CC(NC(=O)c1ccc(-c2nc(CCl)cs2)cc1)C1CC1. The topological polar surface area (TPSA) is 42.0 Å². The van der Waals surface area contributed by atoms with Crippen molar-refractivity contribution in [2.45, 2.75) is 31.7 Å². The Labute approximate surface area is 133 Å². The van der Waals surface area contributed by atoms with E-state index in [9.17, 15) is 4.79 Å². The molecule has 1 N–H and O–H groups in total. The van der Waals surface area contributed by atoms with Gasteiger partial charge in [0.2, 0.25) is 0 Å².